The molecule has 0 aliphatic heterocycles. The summed E-state index contributed by atoms with van der Waals surface area (Å²) in [5.41, 5.74) is 2.83. The summed E-state index contributed by atoms with van der Waals surface area (Å²) >= 11 is 0. The third-order valence-corrected chi connectivity index (χ3v) is 6.79. The average molecular weight is 428 g/mol. The van der Waals surface area contributed by atoms with Crippen LogP contribution in [0.1, 0.15) is 30.9 Å². The van der Waals surface area contributed by atoms with Crippen molar-refractivity contribution in [3.8, 4) is 0 Å². The van der Waals surface area contributed by atoms with Gasteiger partial charge in [-0.25, -0.2) is 4.68 Å². The van der Waals surface area contributed by atoms with Crippen LogP contribution >= 0.6 is 0 Å². The number of fused-ring (bicyclic) bond motifs is 1. The summed E-state index contributed by atoms with van der Waals surface area (Å²) in [5, 5.41) is 5.06. The van der Waals surface area contributed by atoms with Crippen molar-refractivity contribution >= 4 is 19.0 Å². The predicted octanol–water partition coefficient (Wildman–Crippen LogP) is 4.81. The summed E-state index contributed by atoms with van der Waals surface area (Å²) in [6.07, 6.45) is 3.76. The standard InChI is InChI=1S/C23H33N3O3Si/c1-18(2)20-14-25(16-29-15-19-9-7-6-8-10-19)21-13-24-26(23(27)22(20)21)17-28-11-12-30(3,4)5/h6-10,13-14,18H,11-12,15-17H2,1-5H3. The highest BCUT2D eigenvalue weighted by Gasteiger charge is 2.17. The maximum absolute atomic E-state index is 13.1. The van der Waals surface area contributed by atoms with Gasteiger partial charge in [-0.3, -0.25) is 4.79 Å². The third kappa shape index (κ3) is 5.68. The number of hydrogen-bond donors (Lipinski definition) is 0. The monoisotopic (exact) mass is 427 g/mol. The molecule has 162 valence electrons. The fourth-order valence-corrected chi connectivity index (χ4v) is 4.03. The molecule has 0 unspecified atom stereocenters. The lowest BCUT2D eigenvalue weighted by Gasteiger charge is -2.15. The smallest absolute Gasteiger partial charge is 0.278 e. The molecule has 0 aliphatic carbocycles. The molecule has 6 nitrogen and oxygen atoms in total. The van der Waals surface area contributed by atoms with E-state index in [0.717, 1.165) is 22.7 Å². The van der Waals surface area contributed by atoms with Gasteiger partial charge in [-0.05, 0) is 23.1 Å². The maximum atomic E-state index is 13.1. The number of nitrogens with zero attached hydrogens (tertiary/aromatic N) is 3. The molecular weight excluding hydrogens is 394 g/mol. The SMILES string of the molecule is CC(C)c1cn(COCc2ccccc2)c2cnn(COCC[Si](C)(C)C)c(=O)c12. The average Bonchev–Trinajstić information content (AvgIpc) is 3.07. The summed E-state index contributed by atoms with van der Waals surface area (Å²) in [4.78, 5) is 13.1. The molecule has 2 heterocycles. The minimum atomic E-state index is -1.16. The van der Waals surface area contributed by atoms with E-state index in [4.69, 9.17) is 9.47 Å². The molecule has 0 fully saturated rings. The fourth-order valence-electron chi connectivity index (χ4n) is 3.27. The van der Waals surface area contributed by atoms with Crippen LogP contribution in [0.2, 0.25) is 25.7 Å². The fraction of sp³-hybridized carbons (Fsp3) is 0.478. The molecule has 1 aromatic carbocycles. The molecule has 0 aliphatic rings. The summed E-state index contributed by atoms with van der Waals surface area (Å²) in [7, 11) is -1.16. The highest BCUT2D eigenvalue weighted by atomic mass is 28.3. The second-order valence-corrected chi connectivity index (χ2v) is 14.9. The van der Waals surface area contributed by atoms with E-state index >= 15 is 0 Å². The molecular formula is C23H33N3O3Si. The summed E-state index contributed by atoms with van der Waals surface area (Å²) in [6.45, 7) is 12.9. The lowest BCUT2D eigenvalue weighted by Crippen LogP contribution is -2.26. The van der Waals surface area contributed by atoms with E-state index < -0.39 is 8.07 Å². The molecule has 0 saturated heterocycles. The molecule has 0 N–H and O–H groups in total. The van der Waals surface area contributed by atoms with Crippen molar-refractivity contribution in [2.24, 2.45) is 0 Å². The van der Waals surface area contributed by atoms with Gasteiger partial charge in [-0.2, -0.15) is 5.10 Å². The lowest BCUT2D eigenvalue weighted by atomic mass is 10.0. The van der Waals surface area contributed by atoms with Gasteiger partial charge in [0, 0.05) is 20.9 Å². The molecule has 30 heavy (non-hydrogen) atoms. The second-order valence-electron chi connectivity index (χ2n) is 9.23. The van der Waals surface area contributed by atoms with Gasteiger partial charge in [0.1, 0.15) is 13.5 Å². The molecule has 0 spiro atoms. The highest BCUT2D eigenvalue weighted by molar-refractivity contribution is 6.76. The van der Waals surface area contributed by atoms with E-state index in [0.29, 0.717) is 25.3 Å². The van der Waals surface area contributed by atoms with E-state index in [2.05, 4.69) is 38.6 Å². The zero-order valence-corrected chi connectivity index (χ0v) is 19.7. The van der Waals surface area contributed by atoms with E-state index in [1.807, 2.05) is 41.1 Å². The minimum Gasteiger partial charge on any atom is -0.359 e. The van der Waals surface area contributed by atoms with Crippen molar-refractivity contribution in [2.75, 3.05) is 6.61 Å². The Hall–Kier alpha value is -2.22. The predicted molar refractivity (Wildman–Crippen MR) is 123 cm³/mol. The van der Waals surface area contributed by atoms with Crippen molar-refractivity contribution in [1.29, 1.82) is 0 Å². The first-order chi connectivity index (χ1) is 14.3. The zero-order chi connectivity index (χ0) is 21.7. The van der Waals surface area contributed by atoms with Gasteiger partial charge in [0.15, 0.2) is 0 Å². The van der Waals surface area contributed by atoms with E-state index in [9.17, 15) is 4.79 Å². The van der Waals surface area contributed by atoms with Gasteiger partial charge in [0.25, 0.3) is 5.56 Å². The van der Waals surface area contributed by atoms with Gasteiger partial charge in [-0.15, -0.1) is 0 Å². The maximum Gasteiger partial charge on any atom is 0.278 e. The number of rotatable bonds is 10. The van der Waals surface area contributed by atoms with E-state index in [1.54, 1.807) is 6.20 Å². The van der Waals surface area contributed by atoms with Gasteiger partial charge < -0.3 is 14.0 Å². The molecule has 7 heteroatoms. The topological polar surface area (TPSA) is 58.3 Å². The number of benzene rings is 1. The zero-order valence-electron chi connectivity index (χ0n) is 18.7. The molecule has 3 aromatic rings. The number of hydrogen-bond acceptors (Lipinski definition) is 4. The Labute approximate surface area is 179 Å². The Kier molecular flexibility index (Phi) is 7.28. The first-order valence-electron chi connectivity index (χ1n) is 10.5. The second kappa shape index (κ2) is 9.72. The Bertz CT molecular complexity index is 1020. The van der Waals surface area contributed by atoms with Crippen LogP contribution in [-0.4, -0.2) is 29.0 Å². The number of ether oxygens (including phenoxy) is 2. The molecule has 0 radical (unpaired) electrons. The minimum absolute atomic E-state index is 0.106. The van der Waals surface area contributed by atoms with Crippen LogP contribution in [0.5, 0.6) is 0 Å². The van der Waals surface area contributed by atoms with Crippen LogP contribution in [-0.2, 0) is 29.5 Å². The van der Waals surface area contributed by atoms with Crippen molar-refractivity contribution in [3.63, 3.8) is 0 Å². The first-order valence-corrected chi connectivity index (χ1v) is 14.3. The van der Waals surface area contributed by atoms with Crippen LogP contribution in [0.15, 0.2) is 47.5 Å². The molecule has 3 rings (SSSR count). The Balaban J connectivity index is 1.77. The summed E-state index contributed by atoms with van der Waals surface area (Å²) in [5.74, 6) is 0.222. The quantitative estimate of drug-likeness (QED) is 0.344. The van der Waals surface area contributed by atoms with E-state index in [1.165, 1.54) is 4.68 Å². The van der Waals surface area contributed by atoms with Crippen LogP contribution in [0.3, 0.4) is 0 Å². The molecule has 0 bridgehead atoms. The molecule has 0 saturated carbocycles. The van der Waals surface area contributed by atoms with Gasteiger partial charge in [0.05, 0.1) is 23.7 Å². The van der Waals surface area contributed by atoms with E-state index in [-0.39, 0.29) is 18.2 Å². The normalized spacial score (nSPS) is 12.2. The molecule has 0 atom stereocenters. The first kappa shape index (κ1) is 22.5. The highest BCUT2D eigenvalue weighted by Crippen LogP contribution is 2.24. The van der Waals surface area contributed by atoms with Crippen LogP contribution in [0, 0.1) is 0 Å². The molecule has 0 amide bonds. The van der Waals surface area contributed by atoms with Crippen LogP contribution < -0.4 is 5.56 Å². The molecule has 2 aromatic heterocycles. The van der Waals surface area contributed by atoms with Gasteiger partial charge in [-0.1, -0.05) is 63.8 Å². The van der Waals surface area contributed by atoms with Crippen LogP contribution in [0.25, 0.3) is 10.9 Å². The Morgan fingerprint density at radius 1 is 1.07 bits per heavy atom. The Morgan fingerprint density at radius 3 is 2.47 bits per heavy atom. The largest absolute Gasteiger partial charge is 0.359 e. The van der Waals surface area contributed by atoms with Gasteiger partial charge >= 0.3 is 0 Å². The van der Waals surface area contributed by atoms with Crippen molar-refractivity contribution in [3.05, 3.63) is 64.2 Å². The van der Waals surface area contributed by atoms with Crippen LogP contribution in [0.4, 0.5) is 0 Å². The van der Waals surface area contributed by atoms with Gasteiger partial charge in [0.2, 0.25) is 0 Å². The number of aromatic nitrogens is 3. The van der Waals surface area contributed by atoms with Crippen molar-refractivity contribution in [2.45, 2.75) is 65.5 Å². The van der Waals surface area contributed by atoms with Crippen molar-refractivity contribution < 1.29 is 9.47 Å². The Morgan fingerprint density at radius 2 is 1.80 bits per heavy atom. The van der Waals surface area contributed by atoms with Crippen molar-refractivity contribution in [1.82, 2.24) is 14.3 Å². The third-order valence-electron chi connectivity index (χ3n) is 5.09. The summed E-state index contributed by atoms with van der Waals surface area (Å²) < 4.78 is 15.0. The summed E-state index contributed by atoms with van der Waals surface area (Å²) in [6, 6.07) is 11.1. The lowest BCUT2D eigenvalue weighted by molar-refractivity contribution is 0.0664.